The number of hydrogen-bond acceptors (Lipinski definition) is 5. The van der Waals surface area contributed by atoms with Gasteiger partial charge >= 0.3 is 0 Å². The predicted molar refractivity (Wildman–Crippen MR) is 110 cm³/mol. The van der Waals surface area contributed by atoms with Gasteiger partial charge in [0.1, 0.15) is 17.2 Å². The van der Waals surface area contributed by atoms with Crippen LogP contribution in [0.15, 0.2) is 69.6 Å². The zero-order chi connectivity index (χ0) is 19.5. The molecule has 0 aliphatic heterocycles. The van der Waals surface area contributed by atoms with E-state index in [1.165, 1.54) is 0 Å². The van der Waals surface area contributed by atoms with E-state index in [0.29, 0.717) is 17.1 Å². The number of thiophene rings is 1. The van der Waals surface area contributed by atoms with Crippen LogP contribution < -0.4 is 5.43 Å². The monoisotopic (exact) mass is 390 g/mol. The van der Waals surface area contributed by atoms with Gasteiger partial charge < -0.3 is 4.42 Å². The first-order chi connectivity index (χ1) is 13.6. The highest BCUT2D eigenvalue weighted by molar-refractivity contribution is 7.13. The summed E-state index contributed by atoms with van der Waals surface area (Å²) in [6.45, 7) is 3.56. The molecule has 140 valence electrons. The molecule has 0 atom stereocenters. The highest BCUT2D eigenvalue weighted by atomic mass is 32.1. The number of amides is 1. The number of aryl methyl sites for hydroxylation is 2. The normalized spacial score (nSPS) is 11.2. The summed E-state index contributed by atoms with van der Waals surface area (Å²) in [5, 5.41) is 10.8. The Morgan fingerprint density at radius 3 is 2.71 bits per heavy atom. The van der Waals surface area contributed by atoms with Gasteiger partial charge in [-0.25, -0.2) is 10.1 Å². The van der Waals surface area contributed by atoms with Crippen molar-refractivity contribution in [2.24, 2.45) is 5.10 Å². The molecule has 0 radical (unpaired) electrons. The summed E-state index contributed by atoms with van der Waals surface area (Å²) >= 11 is 1.60. The fraction of sp³-hybridized carbons (Fsp3) is 0.0952. The van der Waals surface area contributed by atoms with Gasteiger partial charge in [-0.15, -0.1) is 11.3 Å². The molecule has 28 heavy (non-hydrogen) atoms. The molecule has 0 bridgehead atoms. The maximum Gasteiger partial charge on any atom is 0.274 e. The molecule has 0 spiro atoms. The average Bonchev–Trinajstić information content (AvgIpc) is 3.42. The van der Waals surface area contributed by atoms with Crippen LogP contribution in [-0.2, 0) is 0 Å². The molecule has 1 aromatic carbocycles. The molecule has 7 heteroatoms. The number of nitrogens with zero attached hydrogens (tertiary/aromatic N) is 3. The van der Waals surface area contributed by atoms with E-state index in [1.54, 1.807) is 37.5 Å². The first-order valence-corrected chi connectivity index (χ1v) is 9.59. The summed E-state index contributed by atoms with van der Waals surface area (Å²) in [5.41, 5.74) is 5.62. The summed E-state index contributed by atoms with van der Waals surface area (Å²) in [7, 11) is 0. The van der Waals surface area contributed by atoms with Crippen molar-refractivity contribution >= 4 is 23.5 Å². The third-order valence-electron chi connectivity index (χ3n) is 4.17. The van der Waals surface area contributed by atoms with E-state index in [4.69, 9.17) is 9.52 Å². The van der Waals surface area contributed by atoms with E-state index in [1.807, 2.05) is 58.7 Å². The molecular formula is C21H18N4O2S. The van der Waals surface area contributed by atoms with E-state index in [2.05, 4.69) is 10.5 Å². The average molecular weight is 390 g/mol. The molecule has 3 aromatic heterocycles. The minimum atomic E-state index is -0.307. The SMILES string of the molecule is Cc1cc(C(=O)N/N=C/c2cn(-c3ccccc3)nc2-c2cccs2)c(C)o1. The molecule has 0 fully saturated rings. The van der Waals surface area contributed by atoms with E-state index >= 15 is 0 Å². The number of hydrogen-bond donors (Lipinski definition) is 1. The summed E-state index contributed by atoms with van der Waals surface area (Å²) in [6, 6.07) is 15.5. The molecule has 1 amide bonds. The third-order valence-corrected chi connectivity index (χ3v) is 5.05. The molecule has 4 aromatic rings. The van der Waals surface area contributed by atoms with Crippen LogP contribution in [0.5, 0.6) is 0 Å². The van der Waals surface area contributed by atoms with Crippen LogP contribution in [-0.4, -0.2) is 21.9 Å². The second kappa shape index (κ2) is 7.66. The maximum atomic E-state index is 12.3. The van der Waals surface area contributed by atoms with Crippen molar-refractivity contribution in [3.8, 4) is 16.3 Å². The Morgan fingerprint density at radius 2 is 2.04 bits per heavy atom. The smallest absolute Gasteiger partial charge is 0.274 e. The zero-order valence-corrected chi connectivity index (χ0v) is 16.2. The molecule has 4 rings (SSSR count). The molecule has 1 N–H and O–H groups in total. The lowest BCUT2D eigenvalue weighted by molar-refractivity contribution is 0.0953. The second-order valence-corrected chi connectivity index (χ2v) is 7.16. The molecule has 3 heterocycles. The van der Waals surface area contributed by atoms with E-state index < -0.39 is 0 Å². The van der Waals surface area contributed by atoms with Crippen molar-refractivity contribution < 1.29 is 9.21 Å². The quantitative estimate of drug-likeness (QED) is 0.401. The molecule has 0 saturated carbocycles. The number of nitrogens with one attached hydrogen (secondary N) is 1. The number of carbonyl (C=O) groups excluding carboxylic acids is 1. The summed E-state index contributed by atoms with van der Waals surface area (Å²) in [4.78, 5) is 13.3. The fourth-order valence-electron chi connectivity index (χ4n) is 2.88. The van der Waals surface area contributed by atoms with Gasteiger partial charge in [-0.2, -0.15) is 10.2 Å². The summed E-state index contributed by atoms with van der Waals surface area (Å²) < 4.78 is 7.20. The molecule has 0 unspecified atom stereocenters. The van der Waals surface area contributed by atoms with Gasteiger partial charge in [0, 0.05) is 11.8 Å². The predicted octanol–water partition coefficient (Wildman–Crippen LogP) is 4.57. The summed E-state index contributed by atoms with van der Waals surface area (Å²) in [5.74, 6) is 0.954. The van der Waals surface area contributed by atoms with Crippen molar-refractivity contribution in [3.63, 3.8) is 0 Å². The Labute approximate surface area is 166 Å². The number of para-hydroxylation sites is 1. The van der Waals surface area contributed by atoms with Crippen LogP contribution in [0.2, 0.25) is 0 Å². The molecule has 0 aliphatic rings. The number of aromatic nitrogens is 2. The molecular weight excluding hydrogens is 372 g/mol. The van der Waals surface area contributed by atoms with Gasteiger partial charge in [0.05, 0.1) is 22.3 Å². The first kappa shape index (κ1) is 17.9. The highest BCUT2D eigenvalue weighted by Crippen LogP contribution is 2.26. The number of furan rings is 1. The van der Waals surface area contributed by atoms with Crippen molar-refractivity contribution in [1.82, 2.24) is 15.2 Å². The van der Waals surface area contributed by atoms with Crippen molar-refractivity contribution in [2.75, 3.05) is 0 Å². The lowest BCUT2D eigenvalue weighted by Crippen LogP contribution is -2.17. The van der Waals surface area contributed by atoms with Gasteiger partial charge in [-0.05, 0) is 43.5 Å². The number of rotatable bonds is 5. The first-order valence-electron chi connectivity index (χ1n) is 8.71. The van der Waals surface area contributed by atoms with Gasteiger partial charge in [-0.1, -0.05) is 24.3 Å². The largest absolute Gasteiger partial charge is 0.466 e. The van der Waals surface area contributed by atoms with Gasteiger partial charge in [-0.3, -0.25) is 4.79 Å². The van der Waals surface area contributed by atoms with Crippen molar-refractivity contribution in [2.45, 2.75) is 13.8 Å². The summed E-state index contributed by atoms with van der Waals surface area (Å²) in [6.07, 6.45) is 3.51. The van der Waals surface area contributed by atoms with E-state index in [0.717, 1.165) is 21.8 Å². The Morgan fingerprint density at radius 1 is 1.21 bits per heavy atom. The number of hydrazone groups is 1. The van der Waals surface area contributed by atoms with Crippen LogP contribution in [0.3, 0.4) is 0 Å². The van der Waals surface area contributed by atoms with Crippen molar-refractivity contribution in [1.29, 1.82) is 0 Å². The lowest BCUT2D eigenvalue weighted by Gasteiger charge is -1.98. The lowest BCUT2D eigenvalue weighted by atomic mass is 10.2. The van der Waals surface area contributed by atoms with Crippen LogP contribution in [0, 0.1) is 13.8 Å². The fourth-order valence-corrected chi connectivity index (χ4v) is 3.61. The highest BCUT2D eigenvalue weighted by Gasteiger charge is 2.14. The topological polar surface area (TPSA) is 72.4 Å². The molecule has 6 nitrogen and oxygen atoms in total. The van der Waals surface area contributed by atoms with Gasteiger partial charge in [0.2, 0.25) is 0 Å². The van der Waals surface area contributed by atoms with Crippen LogP contribution in [0.4, 0.5) is 0 Å². The molecule has 0 saturated heterocycles. The second-order valence-electron chi connectivity index (χ2n) is 6.22. The Kier molecular flexibility index (Phi) is 4.90. The Balaban J connectivity index is 1.61. The minimum Gasteiger partial charge on any atom is -0.466 e. The standard InChI is InChI=1S/C21H18N4O2S/c1-14-11-18(15(2)27-14)21(26)23-22-12-16-13-25(17-7-4-3-5-8-17)24-20(16)19-9-6-10-28-19/h3-13H,1-2H3,(H,23,26)/b22-12+. The number of carbonyl (C=O) groups is 1. The van der Waals surface area contributed by atoms with E-state index in [9.17, 15) is 4.79 Å². The van der Waals surface area contributed by atoms with Gasteiger partial charge in [0.25, 0.3) is 5.91 Å². The van der Waals surface area contributed by atoms with Crippen molar-refractivity contribution in [3.05, 3.63) is 82.8 Å². The zero-order valence-electron chi connectivity index (χ0n) is 15.4. The minimum absolute atomic E-state index is 0.307. The van der Waals surface area contributed by atoms with Crippen LogP contribution in [0.1, 0.15) is 27.4 Å². The molecule has 0 aliphatic carbocycles. The third kappa shape index (κ3) is 3.65. The van der Waals surface area contributed by atoms with Crippen LogP contribution >= 0.6 is 11.3 Å². The number of benzene rings is 1. The van der Waals surface area contributed by atoms with Gasteiger partial charge in [0.15, 0.2) is 0 Å². The van der Waals surface area contributed by atoms with Crippen LogP contribution in [0.25, 0.3) is 16.3 Å². The maximum absolute atomic E-state index is 12.3. The van der Waals surface area contributed by atoms with E-state index in [-0.39, 0.29) is 5.91 Å². The Hall–Kier alpha value is -3.45. The Bertz CT molecular complexity index is 1120.